The van der Waals surface area contributed by atoms with Gasteiger partial charge in [-0.05, 0) is 31.4 Å². The fourth-order valence-electron chi connectivity index (χ4n) is 2.01. The Bertz CT molecular complexity index is 710. The van der Waals surface area contributed by atoms with E-state index in [-0.39, 0.29) is 18.3 Å². The molecule has 0 saturated heterocycles. The lowest BCUT2D eigenvalue weighted by molar-refractivity contribution is 0.233. The number of hydrogen-bond acceptors (Lipinski definition) is 5. The van der Waals surface area contributed by atoms with Gasteiger partial charge < -0.3 is 4.74 Å². The van der Waals surface area contributed by atoms with E-state index in [1.54, 1.807) is 42.1 Å². The van der Waals surface area contributed by atoms with Gasteiger partial charge in [-0.25, -0.2) is 9.37 Å². The number of pyridine rings is 1. The van der Waals surface area contributed by atoms with Crippen LogP contribution in [0.5, 0.6) is 5.88 Å². The van der Waals surface area contributed by atoms with E-state index in [2.05, 4.69) is 15.5 Å². The van der Waals surface area contributed by atoms with Gasteiger partial charge in [0, 0.05) is 17.0 Å². The van der Waals surface area contributed by atoms with E-state index >= 15 is 0 Å². The zero-order chi connectivity index (χ0) is 17.4. The molecule has 2 rings (SSSR count). The smallest absolute Gasteiger partial charge is 0.225 e. The molecule has 5 nitrogen and oxygen atoms in total. The van der Waals surface area contributed by atoms with Crippen molar-refractivity contribution in [3.63, 3.8) is 0 Å². The van der Waals surface area contributed by atoms with Crippen LogP contribution in [0.3, 0.4) is 0 Å². The van der Waals surface area contributed by atoms with Gasteiger partial charge in [-0.15, -0.1) is 0 Å². The van der Waals surface area contributed by atoms with Gasteiger partial charge in [0.2, 0.25) is 5.88 Å². The maximum Gasteiger partial charge on any atom is 0.225 e. The first-order chi connectivity index (χ1) is 11.7. The summed E-state index contributed by atoms with van der Waals surface area (Å²) < 4.78 is 19.4. The maximum atomic E-state index is 13.7. The monoisotopic (exact) mass is 349 g/mol. The standard InChI is InChI=1S/C17H20FN3O2S/c1-12-7-8-14(16(21-22)19-9-10-24-2)17(20-12)23-11-13-5-3-4-6-15(13)18/h3-8,22H,9-11H2,1-2H3,(H,19,21). The molecule has 0 atom stereocenters. The number of halogens is 1. The number of hydrogen-bond donors (Lipinski definition) is 2. The predicted octanol–water partition coefficient (Wildman–Crippen LogP) is 3.20. The summed E-state index contributed by atoms with van der Waals surface area (Å²) >= 11 is 1.66. The fourth-order valence-corrected chi connectivity index (χ4v) is 2.29. The first-order valence-electron chi connectivity index (χ1n) is 7.43. The number of hydroxylamine groups is 1. The number of benzene rings is 1. The average Bonchev–Trinajstić information content (AvgIpc) is 2.59. The van der Waals surface area contributed by atoms with Gasteiger partial charge in [-0.2, -0.15) is 11.8 Å². The third-order valence-electron chi connectivity index (χ3n) is 3.25. The molecule has 0 amide bonds. The minimum atomic E-state index is -0.333. The largest absolute Gasteiger partial charge is 0.472 e. The van der Waals surface area contributed by atoms with Crippen LogP contribution in [-0.2, 0) is 6.61 Å². The number of nitrogens with zero attached hydrogens (tertiary/aromatic N) is 2. The van der Waals surface area contributed by atoms with Crippen LogP contribution in [0.4, 0.5) is 4.39 Å². The molecule has 0 radical (unpaired) electrons. The van der Waals surface area contributed by atoms with Crippen LogP contribution in [-0.4, -0.2) is 34.6 Å². The maximum absolute atomic E-state index is 13.7. The summed E-state index contributed by atoms with van der Waals surface area (Å²) in [4.78, 5) is 8.64. The summed E-state index contributed by atoms with van der Waals surface area (Å²) in [5.41, 5.74) is 3.81. The Morgan fingerprint density at radius 2 is 2.12 bits per heavy atom. The molecule has 1 aromatic carbocycles. The summed E-state index contributed by atoms with van der Waals surface area (Å²) in [5, 5.41) is 9.37. The lowest BCUT2D eigenvalue weighted by atomic mass is 10.2. The van der Waals surface area contributed by atoms with Gasteiger partial charge in [-0.3, -0.25) is 15.7 Å². The number of aliphatic imine (C=N–C) groups is 1. The van der Waals surface area contributed by atoms with Crippen molar-refractivity contribution in [1.29, 1.82) is 0 Å². The molecule has 2 N–H and O–H groups in total. The number of aromatic nitrogens is 1. The summed E-state index contributed by atoms with van der Waals surface area (Å²) in [6.07, 6.45) is 1.98. The highest BCUT2D eigenvalue weighted by Crippen LogP contribution is 2.19. The van der Waals surface area contributed by atoms with Crippen molar-refractivity contribution in [2.75, 3.05) is 18.6 Å². The van der Waals surface area contributed by atoms with Gasteiger partial charge >= 0.3 is 0 Å². The number of nitrogens with one attached hydrogen (secondary N) is 1. The van der Waals surface area contributed by atoms with Crippen molar-refractivity contribution in [3.8, 4) is 5.88 Å². The molecule has 0 bridgehead atoms. The van der Waals surface area contributed by atoms with Crippen molar-refractivity contribution in [3.05, 3.63) is 59.0 Å². The number of amidine groups is 1. The van der Waals surface area contributed by atoms with Gasteiger partial charge in [0.15, 0.2) is 5.84 Å². The molecule has 0 aliphatic rings. The van der Waals surface area contributed by atoms with Crippen LogP contribution < -0.4 is 10.2 Å². The van der Waals surface area contributed by atoms with Crippen LogP contribution in [0.25, 0.3) is 0 Å². The third-order valence-corrected chi connectivity index (χ3v) is 3.84. The summed E-state index contributed by atoms with van der Waals surface area (Å²) in [6.45, 7) is 2.42. The Hall–Kier alpha value is -2.12. The van der Waals surface area contributed by atoms with E-state index in [4.69, 9.17) is 4.74 Å². The molecule has 7 heteroatoms. The molecule has 0 aliphatic carbocycles. The van der Waals surface area contributed by atoms with E-state index in [0.29, 0.717) is 23.6 Å². The lowest BCUT2D eigenvalue weighted by Gasteiger charge is -2.13. The van der Waals surface area contributed by atoms with Gasteiger partial charge in [0.25, 0.3) is 0 Å². The molecule has 2 aromatic rings. The predicted molar refractivity (Wildman–Crippen MR) is 94.4 cm³/mol. The second-order valence-electron chi connectivity index (χ2n) is 5.02. The number of rotatable bonds is 7. The number of aryl methyl sites for hydroxylation is 1. The van der Waals surface area contributed by atoms with Crippen molar-refractivity contribution >= 4 is 17.6 Å². The minimum Gasteiger partial charge on any atom is -0.472 e. The Labute approximate surface area is 144 Å². The molecule has 0 aliphatic heterocycles. The summed E-state index contributed by atoms with van der Waals surface area (Å²) in [5.74, 6) is 1.07. The Morgan fingerprint density at radius 3 is 2.83 bits per heavy atom. The molecule has 1 aromatic heterocycles. The average molecular weight is 349 g/mol. The number of ether oxygens (including phenoxy) is 1. The molecule has 0 fully saturated rings. The molecule has 0 unspecified atom stereocenters. The topological polar surface area (TPSA) is 66.7 Å². The van der Waals surface area contributed by atoms with Crippen LogP contribution in [0.1, 0.15) is 16.8 Å². The van der Waals surface area contributed by atoms with Crippen molar-refractivity contribution < 1.29 is 14.3 Å². The van der Waals surface area contributed by atoms with Gasteiger partial charge in [0.1, 0.15) is 12.4 Å². The van der Waals surface area contributed by atoms with Crippen LogP contribution in [0.2, 0.25) is 0 Å². The van der Waals surface area contributed by atoms with Crippen LogP contribution >= 0.6 is 11.8 Å². The van der Waals surface area contributed by atoms with E-state index in [1.807, 2.05) is 13.2 Å². The summed E-state index contributed by atoms with van der Waals surface area (Å²) in [7, 11) is 0. The Balaban J connectivity index is 2.23. The van der Waals surface area contributed by atoms with E-state index in [0.717, 1.165) is 11.4 Å². The third kappa shape index (κ3) is 4.94. The molecular formula is C17H20FN3O2S. The number of thioether (sulfide) groups is 1. The van der Waals surface area contributed by atoms with E-state index < -0.39 is 0 Å². The lowest BCUT2D eigenvalue weighted by Crippen LogP contribution is -2.22. The van der Waals surface area contributed by atoms with Crippen LogP contribution in [0, 0.1) is 12.7 Å². The van der Waals surface area contributed by atoms with Crippen molar-refractivity contribution in [2.24, 2.45) is 4.99 Å². The second-order valence-corrected chi connectivity index (χ2v) is 6.01. The first-order valence-corrected chi connectivity index (χ1v) is 8.82. The molecule has 24 heavy (non-hydrogen) atoms. The molecule has 128 valence electrons. The fraction of sp³-hybridized carbons (Fsp3) is 0.294. The summed E-state index contributed by atoms with van der Waals surface area (Å²) in [6, 6.07) is 9.97. The van der Waals surface area contributed by atoms with Crippen molar-refractivity contribution in [2.45, 2.75) is 13.5 Å². The van der Waals surface area contributed by atoms with Gasteiger partial charge in [-0.1, -0.05) is 18.2 Å². The minimum absolute atomic E-state index is 0.0413. The van der Waals surface area contributed by atoms with Crippen LogP contribution in [0.15, 0.2) is 41.4 Å². The quantitative estimate of drug-likeness (QED) is 0.348. The second kappa shape index (κ2) is 9.24. The van der Waals surface area contributed by atoms with Crippen molar-refractivity contribution in [1.82, 2.24) is 10.5 Å². The zero-order valence-electron chi connectivity index (χ0n) is 13.6. The molecule has 0 spiro atoms. The van der Waals surface area contributed by atoms with Gasteiger partial charge in [0.05, 0.1) is 12.1 Å². The molecule has 0 saturated carbocycles. The Kier molecular flexibility index (Phi) is 7.02. The molecular weight excluding hydrogens is 329 g/mol. The SMILES string of the molecule is CSCCN=C(NO)c1ccc(C)nc1OCc1ccccc1F. The highest BCUT2D eigenvalue weighted by atomic mass is 32.2. The normalized spacial score (nSPS) is 11.4. The first kappa shape index (κ1) is 18.2. The highest BCUT2D eigenvalue weighted by molar-refractivity contribution is 7.98. The van der Waals surface area contributed by atoms with E-state index in [1.165, 1.54) is 6.07 Å². The highest BCUT2D eigenvalue weighted by Gasteiger charge is 2.13. The Morgan fingerprint density at radius 1 is 1.33 bits per heavy atom. The molecule has 1 heterocycles. The van der Waals surface area contributed by atoms with E-state index in [9.17, 15) is 9.60 Å². The zero-order valence-corrected chi connectivity index (χ0v) is 14.4.